The Morgan fingerprint density at radius 1 is 1.00 bits per heavy atom. The third-order valence-corrected chi connectivity index (χ3v) is 7.63. The molecule has 7 heteroatoms. The molecule has 2 atom stereocenters. The Labute approximate surface area is 226 Å². The lowest BCUT2D eigenvalue weighted by Gasteiger charge is -2.28. The standard InChI is InChI=1S/C29H30BrN5S/c1-20-19-25(21(2)35(20)24-14-12-22(30)13-15-24)28-27(26-11-6-7-16-32-26)33-29(36)34(28)18-8-17-31-23-9-4-3-5-10-23/h3-7,9-16,19,27-28,31H,8,17-18H2,1-2H3,(H,33,36)/t27-,28-/m1/s1. The number of benzene rings is 2. The number of nitrogens with zero attached hydrogens (tertiary/aromatic N) is 3. The van der Waals surface area contributed by atoms with Gasteiger partial charge in [0.15, 0.2) is 5.11 Å². The lowest BCUT2D eigenvalue weighted by Crippen LogP contribution is -2.31. The van der Waals surface area contributed by atoms with Crippen molar-refractivity contribution >= 4 is 38.9 Å². The Hall–Kier alpha value is -3.16. The van der Waals surface area contributed by atoms with Crippen molar-refractivity contribution in [1.82, 2.24) is 19.8 Å². The quantitative estimate of drug-likeness (QED) is 0.185. The zero-order valence-electron chi connectivity index (χ0n) is 20.5. The van der Waals surface area contributed by atoms with E-state index in [1.807, 2.05) is 24.4 Å². The second-order valence-electron chi connectivity index (χ2n) is 9.10. The normalized spacial score (nSPS) is 17.3. The molecular weight excluding hydrogens is 530 g/mol. The average molecular weight is 561 g/mol. The van der Waals surface area contributed by atoms with Crippen molar-refractivity contribution in [2.24, 2.45) is 0 Å². The summed E-state index contributed by atoms with van der Waals surface area (Å²) < 4.78 is 3.40. The Morgan fingerprint density at radius 2 is 1.75 bits per heavy atom. The lowest BCUT2D eigenvalue weighted by molar-refractivity contribution is 0.315. The lowest BCUT2D eigenvalue weighted by atomic mass is 9.96. The Kier molecular flexibility index (Phi) is 7.39. The Bertz CT molecular complexity index is 1320. The van der Waals surface area contributed by atoms with Crippen molar-refractivity contribution < 1.29 is 0 Å². The number of aryl methyl sites for hydroxylation is 1. The molecule has 5 nitrogen and oxygen atoms in total. The summed E-state index contributed by atoms with van der Waals surface area (Å²) >= 11 is 9.44. The van der Waals surface area contributed by atoms with Gasteiger partial charge in [-0.2, -0.15) is 0 Å². The van der Waals surface area contributed by atoms with Gasteiger partial charge in [0.25, 0.3) is 0 Å². The van der Waals surface area contributed by atoms with Crippen LogP contribution in [0.5, 0.6) is 0 Å². The maximum Gasteiger partial charge on any atom is 0.170 e. The molecule has 0 unspecified atom stereocenters. The van der Waals surface area contributed by atoms with E-state index in [1.54, 1.807) is 0 Å². The highest BCUT2D eigenvalue weighted by Crippen LogP contribution is 2.41. The molecule has 1 saturated heterocycles. The summed E-state index contributed by atoms with van der Waals surface area (Å²) in [7, 11) is 0. The molecule has 1 aliphatic rings. The fourth-order valence-electron chi connectivity index (χ4n) is 5.10. The number of rotatable bonds is 8. The highest BCUT2D eigenvalue weighted by molar-refractivity contribution is 9.10. The first kappa shape index (κ1) is 24.5. The summed E-state index contributed by atoms with van der Waals surface area (Å²) in [6.45, 7) is 6.10. The number of thiocarbonyl (C=S) groups is 1. The molecule has 4 aromatic rings. The highest BCUT2D eigenvalue weighted by atomic mass is 79.9. The number of nitrogens with one attached hydrogen (secondary N) is 2. The van der Waals surface area contributed by atoms with E-state index >= 15 is 0 Å². The van der Waals surface area contributed by atoms with Crippen molar-refractivity contribution in [3.8, 4) is 5.69 Å². The molecule has 2 aromatic heterocycles. The van der Waals surface area contributed by atoms with Gasteiger partial charge in [0.2, 0.25) is 0 Å². The zero-order valence-corrected chi connectivity index (χ0v) is 22.9. The largest absolute Gasteiger partial charge is 0.385 e. The van der Waals surface area contributed by atoms with Crippen LogP contribution in [-0.2, 0) is 0 Å². The van der Waals surface area contributed by atoms with Crippen LogP contribution >= 0.6 is 28.1 Å². The van der Waals surface area contributed by atoms with Gasteiger partial charge < -0.3 is 20.1 Å². The average Bonchev–Trinajstić information content (AvgIpc) is 3.38. The maximum atomic E-state index is 5.88. The van der Waals surface area contributed by atoms with Gasteiger partial charge in [-0.15, -0.1) is 0 Å². The molecule has 3 heterocycles. The van der Waals surface area contributed by atoms with Crippen LogP contribution in [0.3, 0.4) is 0 Å². The van der Waals surface area contributed by atoms with E-state index in [2.05, 4.69) is 111 Å². The number of aromatic nitrogens is 2. The van der Waals surface area contributed by atoms with Crippen LogP contribution in [0.1, 0.15) is 41.1 Å². The summed E-state index contributed by atoms with van der Waals surface area (Å²) in [4.78, 5) is 7.04. The predicted molar refractivity (Wildman–Crippen MR) is 155 cm³/mol. The van der Waals surface area contributed by atoms with Crippen LogP contribution in [0.2, 0.25) is 0 Å². The van der Waals surface area contributed by atoms with Crippen molar-refractivity contribution in [3.05, 3.63) is 112 Å². The van der Waals surface area contributed by atoms with E-state index in [4.69, 9.17) is 17.2 Å². The van der Waals surface area contributed by atoms with Crippen molar-refractivity contribution in [1.29, 1.82) is 0 Å². The van der Waals surface area contributed by atoms with E-state index in [9.17, 15) is 0 Å². The Balaban J connectivity index is 1.45. The summed E-state index contributed by atoms with van der Waals surface area (Å²) in [5.74, 6) is 0. The minimum Gasteiger partial charge on any atom is -0.385 e. The van der Waals surface area contributed by atoms with Crippen LogP contribution in [0.25, 0.3) is 5.69 Å². The third kappa shape index (κ3) is 5.04. The van der Waals surface area contributed by atoms with Crippen LogP contribution in [0.4, 0.5) is 5.69 Å². The summed E-state index contributed by atoms with van der Waals surface area (Å²) in [5, 5.41) is 7.89. The van der Waals surface area contributed by atoms with E-state index in [-0.39, 0.29) is 12.1 Å². The highest BCUT2D eigenvalue weighted by Gasteiger charge is 2.41. The van der Waals surface area contributed by atoms with Gasteiger partial charge in [0, 0.05) is 46.5 Å². The van der Waals surface area contributed by atoms with Gasteiger partial charge in [-0.05, 0) is 92.6 Å². The van der Waals surface area contributed by atoms with Crippen LogP contribution in [-0.4, -0.2) is 32.7 Å². The predicted octanol–water partition coefficient (Wildman–Crippen LogP) is 6.73. The van der Waals surface area contributed by atoms with E-state index < -0.39 is 0 Å². The van der Waals surface area contributed by atoms with Crippen LogP contribution < -0.4 is 10.6 Å². The number of halogens is 1. The maximum absolute atomic E-state index is 5.88. The van der Waals surface area contributed by atoms with Crippen LogP contribution in [0.15, 0.2) is 89.5 Å². The Morgan fingerprint density at radius 3 is 2.47 bits per heavy atom. The summed E-state index contributed by atoms with van der Waals surface area (Å²) in [5.41, 5.74) is 6.99. The van der Waals surface area contributed by atoms with Crippen molar-refractivity contribution in [2.75, 3.05) is 18.4 Å². The first-order chi connectivity index (χ1) is 17.5. The number of hydrogen-bond acceptors (Lipinski definition) is 3. The minimum atomic E-state index is -0.0142. The monoisotopic (exact) mass is 559 g/mol. The molecule has 0 bridgehead atoms. The molecule has 1 aliphatic heterocycles. The molecule has 0 amide bonds. The van der Waals surface area contributed by atoms with Crippen LogP contribution in [0, 0.1) is 13.8 Å². The SMILES string of the molecule is Cc1cc([C@@H]2[C@@H](c3ccccn3)NC(=S)N2CCCNc2ccccc2)c(C)n1-c1ccc(Br)cc1. The molecule has 184 valence electrons. The molecule has 0 aliphatic carbocycles. The van der Waals surface area contributed by atoms with Gasteiger partial charge in [-0.1, -0.05) is 40.2 Å². The third-order valence-electron chi connectivity index (χ3n) is 6.75. The number of anilines is 1. The number of para-hydroxylation sites is 1. The molecule has 0 radical (unpaired) electrons. The summed E-state index contributed by atoms with van der Waals surface area (Å²) in [6.07, 6.45) is 2.82. The summed E-state index contributed by atoms with van der Waals surface area (Å²) in [6, 6.07) is 27.2. The first-order valence-electron chi connectivity index (χ1n) is 12.2. The number of hydrogen-bond donors (Lipinski definition) is 2. The molecule has 36 heavy (non-hydrogen) atoms. The van der Waals surface area contributed by atoms with Crippen molar-refractivity contribution in [3.63, 3.8) is 0 Å². The van der Waals surface area contributed by atoms with Gasteiger partial charge >= 0.3 is 0 Å². The molecule has 1 fully saturated rings. The fourth-order valence-corrected chi connectivity index (χ4v) is 5.69. The van der Waals surface area contributed by atoms with Crippen molar-refractivity contribution in [2.45, 2.75) is 32.4 Å². The van der Waals surface area contributed by atoms with E-state index in [1.165, 1.54) is 17.0 Å². The minimum absolute atomic E-state index is 0.0142. The first-order valence-corrected chi connectivity index (χ1v) is 13.4. The molecule has 2 N–H and O–H groups in total. The van der Waals surface area contributed by atoms with Gasteiger partial charge in [0.1, 0.15) is 0 Å². The molecule has 5 rings (SSSR count). The molecule has 2 aromatic carbocycles. The smallest absolute Gasteiger partial charge is 0.170 e. The zero-order chi connectivity index (χ0) is 25.1. The van der Waals surface area contributed by atoms with Gasteiger partial charge in [-0.25, -0.2) is 0 Å². The fraction of sp³-hybridized carbons (Fsp3) is 0.241. The van der Waals surface area contributed by atoms with Gasteiger partial charge in [-0.3, -0.25) is 4.98 Å². The molecule has 0 spiro atoms. The van der Waals surface area contributed by atoms with E-state index in [0.717, 1.165) is 46.2 Å². The number of pyridine rings is 1. The molecule has 0 saturated carbocycles. The molecular formula is C29H30BrN5S. The van der Waals surface area contributed by atoms with E-state index in [0.29, 0.717) is 0 Å². The van der Waals surface area contributed by atoms with Gasteiger partial charge in [0.05, 0.1) is 17.8 Å². The topological polar surface area (TPSA) is 45.1 Å². The second-order valence-corrected chi connectivity index (χ2v) is 10.4. The second kappa shape index (κ2) is 10.8.